The highest BCUT2D eigenvalue weighted by Gasteiger charge is 2.29. The van der Waals surface area contributed by atoms with Crippen molar-refractivity contribution < 1.29 is 0 Å². The molecule has 112 valence electrons. The summed E-state index contributed by atoms with van der Waals surface area (Å²) < 4.78 is 0. The molecule has 0 aromatic carbocycles. The molecule has 1 aliphatic carbocycles. The zero-order valence-electron chi connectivity index (χ0n) is 12.6. The maximum Gasteiger partial charge on any atom is 0.0544 e. The highest BCUT2D eigenvalue weighted by molar-refractivity contribution is 7.07. The fourth-order valence-electron chi connectivity index (χ4n) is 2.50. The number of nitrogens with zero attached hydrogens (tertiary/aromatic N) is 2. The van der Waals surface area contributed by atoms with Gasteiger partial charge in [0.05, 0.1) is 5.69 Å². The van der Waals surface area contributed by atoms with E-state index in [1.54, 1.807) is 11.3 Å². The summed E-state index contributed by atoms with van der Waals surface area (Å²) in [7, 11) is 0. The smallest absolute Gasteiger partial charge is 0.0544 e. The summed E-state index contributed by atoms with van der Waals surface area (Å²) in [5.41, 5.74) is 3.87. The van der Waals surface area contributed by atoms with E-state index >= 15 is 0 Å². The van der Waals surface area contributed by atoms with Crippen LogP contribution in [-0.2, 0) is 19.6 Å². The maximum absolute atomic E-state index is 4.63. The lowest BCUT2D eigenvalue weighted by Gasteiger charge is -2.21. The second-order valence-electron chi connectivity index (χ2n) is 5.71. The van der Waals surface area contributed by atoms with E-state index in [1.165, 1.54) is 29.7 Å². The van der Waals surface area contributed by atoms with Gasteiger partial charge in [-0.1, -0.05) is 13.0 Å². The van der Waals surface area contributed by atoms with Crippen LogP contribution in [0.3, 0.4) is 0 Å². The molecule has 3 rings (SSSR count). The van der Waals surface area contributed by atoms with Crippen molar-refractivity contribution in [1.29, 1.82) is 0 Å². The van der Waals surface area contributed by atoms with Crippen LogP contribution in [0.15, 0.2) is 35.2 Å². The molecule has 1 fully saturated rings. The largest absolute Gasteiger partial charge is 0.313 e. The fraction of sp³-hybridized carbons (Fsp3) is 0.471. The van der Waals surface area contributed by atoms with Gasteiger partial charge in [0.2, 0.25) is 0 Å². The van der Waals surface area contributed by atoms with Crippen molar-refractivity contribution in [3.05, 3.63) is 52.0 Å². The van der Waals surface area contributed by atoms with Gasteiger partial charge in [0.25, 0.3) is 0 Å². The van der Waals surface area contributed by atoms with Crippen LogP contribution in [0, 0.1) is 0 Å². The third kappa shape index (κ3) is 4.37. The van der Waals surface area contributed by atoms with Crippen LogP contribution >= 0.6 is 11.3 Å². The van der Waals surface area contributed by atoms with E-state index in [9.17, 15) is 0 Å². The maximum atomic E-state index is 4.63. The molecule has 0 bridgehead atoms. The van der Waals surface area contributed by atoms with Gasteiger partial charge >= 0.3 is 0 Å². The number of nitrogens with one attached hydrogen (secondary N) is 1. The first kappa shape index (κ1) is 14.7. The van der Waals surface area contributed by atoms with Crippen LogP contribution in [-0.4, -0.2) is 22.5 Å². The highest BCUT2D eigenvalue weighted by atomic mass is 32.1. The lowest BCUT2D eigenvalue weighted by molar-refractivity contribution is 0.243. The van der Waals surface area contributed by atoms with Crippen molar-refractivity contribution in [2.75, 3.05) is 6.54 Å². The molecule has 4 heteroatoms. The molecule has 1 saturated carbocycles. The van der Waals surface area contributed by atoms with Gasteiger partial charge in [0, 0.05) is 31.9 Å². The summed E-state index contributed by atoms with van der Waals surface area (Å²) in [6, 6.07) is 7.36. The first-order valence-corrected chi connectivity index (χ1v) is 8.69. The Kier molecular flexibility index (Phi) is 5.01. The molecule has 3 nitrogen and oxygen atoms in total. The van der Waals surface area contributed by atoms with Gasteiger partial charge in [-0.3, -0.25) is 9.88 Å². The molecule has 0 aliphatic heterocycles. The third-order valence-corrected chi connectivity index (χ3v) is 4.59. The summed E-state index contributed by atoms with van der Waals surface area (Å²) in [6.45, 7) is 6.04. The van der Waals surface area contributed by atoms with Crippen LogP contribution < -0.4 is 5.32 Å². The minimum absolute atomic E-state index is 0.758. The predicted molar refractivity (Wildman–Crippen MR) is 88.2 cm³/mol. The summed E-state index contributed by atoms with van der Waals surface area (Å²) in [5.74, 6) is 0. The minimum atomic E-state index is 0.758. The molecule has 1 aliphatic rings. The molecule has 0 radical (unpaired) electrons. The fourth-order valence-corrected chi connectivity index (χ4v) is 3.16. The van der Waals surface area contributed by atoms with E-state index in [-0.39, 0.29) is 0 Å². The first-order valence-electron chi connectivity index (χ1n) is 7.75. The van der Waals surface area contributed by atoms with Gasteiger partial charge in [-0.05, 0) is 53.4 Å². The van der Waals surface area contributed by atoms with Gasteiger partial charge in [-0.15, -0.1) is 0 Å². The quantitative estimate of drug-likeness (QED) is 0.810. The van der Waals surface area contributed by atoms with Gasteiger partial charge in [0.1, 0.15) is 0 Å². The molecular weight excluding hydrogens is 278 g/mol. The predicted octanol–water partition coefficient (Wildman–Crippen LogP) is 3.42. The number of pyridine rings is 1. The third-order valence-electron chi connectivity index (χ3n) is 3.86. The molecule has 21 heavy (non-hydrogen) atoms. The lowest BCUT2D eigenvalue weighted by Crippen LogP contribution is -2.25. The van der Waals surface area contributed by atoms with Crippen LogP contribution in [0.2, 0.25) is 0 Å². The van der Waals surface area contributed by atoms with Gasteiger partial charge < -0.3 is 5.32 Å². The summed E-state index contributed by atoms with van der Waals surface area (Å²) in [6.07, 6.45) is 4.68. The van der Waals surface area contributed by atoms with Crippen molar-refractivity contribution in [2.45, 2.75) is 45.4 Å². The highest BCUT2D eigenvalue weighted by Crippen LogP contribution is 2.29. The average molecular weight is 301 g/mol. The van der Waals surface area contributed by atoms with E-state index in [0.29, 0.717) is 0 Å². The normalized spacial score (nSPS) is 14.8. The van der Waals surface area contributed by atoms with Crippen molar-refractivity contribution in [1.82, 2.24) is 15.2 Å². The first-order chi connectivity index (χ1) is 10.3. The number of thiophene rings is 1. The monoisotopic (exact) mass is 301 g/mol. The molecular formula is C17H23N3S. The Morgan fingerprint density at radius 3 is 2.76 bits per heavy atom. The molecule has 0 saturated heterocycles. The van der Waals surface area contributed by atoms with Gasteiger partial charge in [0.15, 0.2) is 0 Å². The van der Waals surface area contributed by atoms with Crippen LogP contribution in [0.25, 0.3) is 0 Å². The van der Waals surface area contributed by atoms with E-state index in [0.717, 1.165) is 32.2 Å². The second kappa shape index (κ2) is 7.16. The Labute approximate surface area is 131 Å². The molecule has 2 heterocycles. The van der Waals surface area contributed by atoms with Crippen LogP contribution in [0.4, 0.5) is 0 Å². The van der Waals surface area contributed by atoms with E-state index in [1.807, 2.05) is 6.20 Å². The molecule has 0 spiro atoms. The van der Waals surface area contributed by atoms with Crippen molar-refractivity contribution in [2.24, 2.45) is 0 Å². The summed E-state index contributed by atoms with van der Waals surface area (Å²) in [4.78, 5) is 7.20. The Morgan fingerprint density at radius 2 is 2.14 bits per heavy atom. The molecule has 0 amide bonds. The number of aromatic nitrogens is 1. The Balaban J connectivity index is 1.60. The molecule has 2 aromatic heterocycles. The summed E-state index contributed by atoms with van der Waals surface area (Å²) in [5, 5.41) is 7.75. The number of rotatable bonds is 8. The zero-order valence-corrected chi connectivity index (χ0v) is 13.4. The van der Waals surface area contributed by atoms with Gasteiger partial charge in [-0.25, -0.2) is 0 Å². The summed E-state index contributed by atoms with van der Waals surface area (Å²) >= 11 is 1.78. The molecule has 0 unspecified atom stereocenters. The lowest BCUT2D eigenvalue weighted by atomic mass is 10.2. The molecule has 2 aromatic rings. The Hall–Kier alpha value is -1.23. The van der Waals surface area contributed by atoms with E-state index in [2.05, 4.69) is 51.1 Å². The van der Waals surface area contributed by atoms with Crippen molar-refractivity contribution >= 4 is 11.3 Å². The second-order valence-corrected chi connectivity index (χ2v) is 6.49. The van der Waals surface area contributed by atoms with Crippen LogP contribution in [0.5, 0.6) is 0 Å². The van der Waals surface area contributed by atoms with Crippen LogP contribution in [0.1, 0.15) is 36.6 Å². The zero-order chi connectivity index (χ0) is 14.5. The van der Waals surface area contributed by atoms with E-state index < -0.39 is 0 Å². The van der Waals surface area contributed by atoms with Crippen molar-refractivity contribution in [3.63, 3.8) is 0 Å². The standard InChI is InChI=1S/C17H23N3S/c1-2-18-9-14-3-4-16(19-10-14)12-20(17-5-6-17)11-15-7-8-21-13-15/h3-4,7-8,10,13,17-18H,2,5-6,9,11-12H2,1H3. The average Bonchev–Trinajstić information content (AvgIpc) is 3.24. The SMILES string of the molecule is CCNCc1ccc(CN(Cc2ccsc2)C2CC2)nc1. The van der Waals surface area contributed by atoms with E-state index in [4.69, 9.17) is 0 Å². The van der Waals surface area contributed by atoms with Crippen molar-refractivity contribution in [3.8, 4) is 0 Å². The Morgan fingerprint density at radius 1 is 1.24 bits per heavy atom. The molecule has 0 atom stereocenters. The minimum Gasteiger partial charge on any atom is -0.313 e. The topological polar surface area (TPSA) is 28.2 Å². The Bertz CT molecular complexity index is 532. The number of hydrogen-bond acceptors (Lipinski definition) is 4. The van der Waals surface area contributed by atoms with Gasteiger partial charge in [-0.2, -0.15) is 11.3 Å². The molecule has 1 N–H and O–H groups in total. The number of hydrogen-bond donors (Lipinski definition) is 1.